The van der Waals surface area contributed by atoms with E-state index in [9.17, 15) is 0 Å². The summed E-state index contributed by atoms with van der Waals surface area (Å²) in [5.41, 5.74) is 5.63. The molecule has 2 aliphatic rings. The number of rotatable bonds is 0. The van der Waals surface area contributed by atoms with E-state index < -0.39 is 0 Å². The molecule has 2 fully saturated rings. The lowest BCUT2D eigenvalue weighted by molar-refractivity contribution is -0.194. The summed E-state index contributed by atoms with van der Waals surface area (Å²) >= 11 is 0. The van der Waals surface area contributed by atoms with Gasteiger partial charge in [0.05, 0.1) is 25.4 Å². The average Bonchev–Trinajstić information content (AvgIpc) is 1.86. The molecule has 1 saturated heterocycles. The third kappa shape index (κ3) is 0.764. The second kappa shape index (κ2) is 1.94. The van der Waals surface area contributed by atoms with Gasteiger partial charge in [0.15, 0.2) is 0 Å². The Morgan fingerprint density at radius 1 is 1.22 bits per heavy atom. The minimum Gasteiger partial charge on any atom is -0.373 e. The normalized spacial score (nSPS) is 49.7. The van der Waals surface area contributed by atoms with Crippen LogP contribution in [0.2, 0.25) is 0 Å². The topological polar surface area (TPSA) is 44.5 Å². The predicted molar refractivity (Wildman–Crippen MR) is 32.1 cm³/mol. The lowest BCUT2D eigenvalue weighted by Crippen LogP contribution is -2.60. The van der Waals surface area contributed by atoms with Gasteiger partial charge in [0.25, 0.3) is 0 Å². The van der Waals surface area contributed by atoms with Crippen LogP contribution in [0.4, 0.5) is 0 Å². The Hall–Kier alpha value is -0.120. The van der Waals surface area contributed by atoms with Gasteiger partial charge in [0, 0.05) is 6.04 Å². The van der Waals surface area contributed by atoms with E-state index in [1.54, 1.807) is 0 Å². The van der Waals surface area contributed by atoms with E-state index in [1.807, 2.05) is 0 Å². The molecule has 3 nitrogen and oxygen atoms in total. The third-order valence-electron chi connectivity index (χ3n) is 2.02. The molecule has 1 saturated carbocycles. The molecule has 52 valence electrons. The Kier molecular flexibility index (Phi) is 1.22. The fourth-order valence-electron chi connectivity index (χ4n) is 1.39. The van der Waals surface area contributed by atoms with E-state index in [0.717, 1.165) is 19.6 Å². The molecule has 2 rings (SSSR count). The van der Waals surface area contributed by atoms with Crippen LogP contribution in [0.5, 0.6) is 0 Å². The van der Waals surface area contributed by atoms with Crippen LogP contribution in [-0.2, 0) is 9.47 Å². The number of fused-ring (bicyclic) bond motifs is 1. The summed E-state index contributed by atoms with van der Waals surface area (Å²) in [5.74, 6) is 0. The smallest absolute Gasteiger partial charge is 0.0989 e. The zero-order chi connectivity index (χ0) is 6.27. The molecule has 3 heteroatoms. The fourth-order valence-corrected chi connectivity index (χ4v) is 1.39. The van der Waals surface area contributed by atoms with Crippen molar-refractivity contribution in [3.05, 3.63) is 0 Å². The molecule has 9 heavy (non-hydrogen) atoms. The molecular formula is C6H11NO2. The summed E-state index contributed by atoms with van der Waals surface area (Å²) in [6.07, 6.45) is 1.50. The van der Waals surface area contributed by atoms with Crippen LogP contribution in [0.15, 0.2) is 0 Å². The maximum absolute atomic E-state index is 5.63. The SMILES string of the molecule is N[C@@H]1C[C@@H]2OCCO[C@H]12. The first-order valence-corrected chi connectivity index (χ1v) is 3.37. The summed E-state index contributed by atoms with van der Waals surface area (Å²) in [6.45, 7) is 1.46. The zero-order valence-electron chi connectivity index (χ0n) is 5.25. The zero-order valence-corrected chi connectivity index (χ0v) is 5.25. The first kappa shape index (κ1) is 5.65. The van der Waals surface area contributed by atoms with Crippen molar-refractivity contribution < 1.29 is 9.47 Å². The van der Waals surface area contributed by atoms with Gasteiger partial charge in [-0.3, -0.25) is 0 Å². The van der Waals surface area contributed by atoms with Crippen molar-refractivity contribution in [1.82, 2.24) is 0 Å². The molecule has 0 aromatic carbocycles. The van der Waals surface area contributed by atoms with Crippen molar-refractivity contribution in [2.24, 2.45) is 5.73 Å². The van der Waals surface area contributed by atoms with E-state index in [2.05, 4.69) is 0 Å². The van der Waals surface area contributed by atoms with E-state index in [4.69, 9.17) is 15.2 Å². The van der Waals surface area contributed by atoms with Crippen LogP contribution in [-0.4, -0.2) is 31.5 Å². The van der Waals surface area contributed by atoms with Crippen LogP contribution in [0.25, 0.3) is 0 Å². The van der Waals surface area contributed by atoms with Crippen LogP contribution in [0, 0.1) is 0 Å². The molecule has 0 aromatic heterocycles. The Morgan fingerprint density at radius 2 is 2.00 bits per heavy atom. The molecule has 1 heterocycles. The first-order valence-electron chi connectivity index (χ1n) is 3.37. The highest BCUT2D eigenvalue weighted by atomic mass is 16.6. The highest BCUT2D eigenvalue weighted by Gasteiger charge is 2.42. The van der Waals surface area contributed by atoms with Crippen molar-refractivity contribution in [2.75, 3.05) is 13.2 Å². The highest BCUT2D eigenvalue weighted by Crippen LogP contribution is 2.27. The summed E-state index contributed by atoms with van der Waals surface area (Å²) < 4.78 is 10.7. The van der Waals surface area contributed by atoms with E-state index in [-0.39, 0.29) is 12.1 Å². The molecule has 3 atom stereocenters. The number of hydrogen-bond donors (Lipinski definition) is 1. The number of hydrogen-bond acceptors (Lipinski definition) is 3. The molecule has 1 aliphatic heterocycles. The van der Waals surface area contributed by atoms with Gasteiger partial charge in [-0.05, 0) is 6.42 Å². The van der Waals surface area contributed by atoms with Crippen LogP contribution >= 0.6 is 0 Å². The molecular weight excluding hydrogens is 118 g/mol. The van der Waals surface area contributed by atoms with Gasteiger partial charge in [-0.25, -0.2) is 0 Å². The maximum Gasteiger partial charge on any atom is 0.0989 e. The van der Waals surface area contributed by atoms with Crippen molar-refractivity contribution >= 4 is 0 Å². The quantitative estimate of drug-likeness (QED) is 0.479. The molecule has 0 bridgehead atoms. The predicted octanol–water partition coefficient (Wildman–Crippen LogP) is -0.499. The number of nitrogens with two attached hydrogens (primary N) is 1. The Bertz CT molecular complexity index is 116. The molecule has 0 amide bonds. The van der Waals surface area contributed by atoms with Crippen molar-refractivity contribution in [2.45, 2.75) is 24.7 Å². The minimum atomic E-state index is 0.207. The summed E-state index contributed by atoms with van der Waals surface area (Å²) in [5, 5.41) is 0. The van der Waals surface area contributed by atoms with Crippen molar-refractivity contribution in [1.29, 1.82) is 0 Å². The van der Waals surface area contributed by atoms with Gasteiger partial charge in [-0.1, -0.05) is 0 Å². The standard InChI is InChI=1S/C6H11NO2/c7-4-3-5-6(4)9-2-1-8-5/h4-6H,1-3,7H2/t4-,5+,6-/m1/s1. The second-order valence-corrected chi connectivity index (χ2v) is 2.64. The van der Waals surface area contributed by atoms with Gasteiger partial charge >= 0.3 is 0 Å². The molecule has 0 aromatic rings. The molecule has 0 spiro atoms. The molecule has 2 N–H and O–H groups in total. The first-order chi connectivity index (χ1) is 4.38. The Labute approximate surface area is 54.1 Å². The van der Waals surface area contributed by atoms with Gasteiger partial charge in [-0.15, -0.1) is 0 Å². The Balaban J connectivity index is 1.94. The van der Waals surface area contributed by atoms with Crippen LogP contribution < -0.4 is 5.73 Å². The summed E-state index contributed by atoms with van der Waals surface area (Å²) in [7, 11) is 0. The van der Waals surface area contributed by atoms with Crippen LogP contribution in [0.1, 0.15) is 6.42 Å². The highest BCUT2D eigenvalue weighted by molar-refractivity contribution is 4.96. The van der Waals surface area contributed by atoms with Gasteiger partial charge < -0.3 is 15.2 Å². The Morgan fingerprint density at radius 3 is 2.56 bits per heavy atom. The van der Waals surface area contributed by atoms with Crippen molar-refractivity contribution in [3.8, 4) is 0 Å². The van der Waals surface area contributed by atoms with Gasteiger partial charge in [0.2, 0.25) is 0 Å². The lowest BCUT2D eigenvalue weighted by Gasteiger charge is -2.44. The van der Waals surface area contributed by atoms with E-state index in [0.29, 0.717) is 6.10 Å². The minimum absolute atomic E-state index is 0.207. The maximum atomic E-state index is 5.63. The summed E-state index contributed by atoms with van der Waals surface area (Å²) in [6, 6.07) is 0.232. The monoisotopic (exact) mass is 129 g/mol. The molecule has 1 aliphatic carbocycles. The fraction of sp³-hybridized carbons (Fsp3) is 1.00. The summed E-state index contributed by atoms with van der Waals surface area (Å²) in [4.78, 5) is 0. The van der Waals surface area contributed by atoms with E-state index in [1.165, 1.54) is 0 Å². The van der Waals surface area contributed by atoms with Gasteiger partial charge in [-0.2, -0.15) is 0 Å². The van der Waals surface area contributed by atoms with Crippen LogP contribution in [0.3, 0.4) is 0 Å². The molecule has 0 radical (unpaired) electrons. The second-order valence-electron chi connectivity index (χ2n) is 2.64. The largest absolute Gasteiger partial charge is 0.373 e. The lowest BCUT2D eigenvalue weighted by atomic mass is 9.85. The third-order valence-corrected chi connectivity index (χ3v) is 2.02. The van der Waals surface area contributed by atoms with Crippen molar-refractivity contribution in [3.63, 3.8) is 0 Å². The molecule has 0 unspecified atom stereocenters. The van der Waals surface area contributed by atoms with E-state index >= 15 is 0 Å². The van der Waals surface area contributed by atoms with Gasteiger partial charge in [0.1, 0.15) is 0 Å². The average molecular weight is 129 g/mol. The number of ether oxygens (including phenoxy) is 2.